The lowest BCUT2D eigenvalue weighted by Gasteiger charge is -2.22. The zero-order chi connectivity index (χ0) is 26.6. The number of carbonyl (C=O) groups is 1. The van der Waals surface area contributed by atoms with Crippen molar-refractivity contribution in [1.29, 1.82) is 0 Å². The van der Waals surface area contributed by atoms with Gasteiger partial charge in [-0.2, -0.15) is 0 Å². The van der Waals surface area contributed by atoms with Gasteiger partial charge in [0.25, 0.3) is 0 Å². The first-order valence-corrected chi connectivity index (χ1v) is 12.7. The van der Waals surface area contributed by atoms with Gasteiger partial charge in [-0.15, -0.1) is 0 Å². The zero-order valence-electron chi connectivity index (χ0n) is 21.5. The molecule has 3 aromatic rings. The Hall–Kier alpha value is -3.38. The highest BCUT2D eigenvalue weighted by Gasteiger charge is 2.22. The van der Waals surface area contributed by atoms with E-state index in [2.05, 4.69) is 21.2 Å². The number of nitrogens with one attached hydrogen (secondary N) is 1. The minimum absolute atomic E-state index is 0.0752. The van der Waals surface area contributed by atoms with Crippen molar-refractivity contribution in [3.63, 3.8) is 0 Å². The summed E-state index contributed by atoms with van der Waals surface area (Å²) in [4.78, 5) is 25.6. The Kier molecular flexibility index (Phi) is 8.75. The van der Waals surface area contributed by atoms with E-state index in [1.165, 1.54) is 0 Å². The van der Waals surface area contributed by atoms with E-state index in [0.717, 1.165) is 26.7 Å². The van der Waals surface area contributed by atoms with Gasteiger partial charge in [0.2, 0.25) is 0 Å². The first-order valence-electron chi connectivity index (χ1n) is 11.9. The summed E-state index contributed by atoms with van der Waals surface area (Å²) in [5.41, 5.74) is 4.98. The maximum absolute atomic E-state index is 13.4. The number of aliphatic carboxylic acids is 1. The van der Waals surface area contributed by atoms with E-state index in [0.29, 0.717) is 34.4 Å². The molecule has 0 amide bonds. The zero-order valence-corrected chi connectivity index (χ0v) is 23.1. The first-order chi connectivity index (χ1) is 17.0. The van der Waals surface area contributed by atoms with Crippen molar-refractivity contribution in [3.8, 4) is 11.3 Å². The van der Waals surface area contributed by atoms with Gasteiger partial charge >= 0.3 is 5.97 Å². The van der Waals surface area contributed by atoms with Gasteiger partial charge in [-0.05, 0) is 63.2 Å². The quantitative estimate of drug-likeness (QED) is 0.222. The van der Waals surface area contributed by atoms with Crippen LogP contribution in [-0.2, 0) is 4.79 Å². The molecule has 3 rings (SSSR count). The molecule has 2 aromatic carbocycles. The second-order valence-corrected chi connectivity index (χ2v) is 10.2. The van der Waals surface area contributed by atoms with Crippen molar-refractivity contribution in [2.75, 3.05) is 0 Å². The first kappa shape index (κ1) is 27.2. The van der Waals surface area contributed by atoms with Crippen LogP contribution in [0.2, 0.25) is 0 Å². The fourth-order valence-corrected chi connectivity index (χ4v) is 4.30. The molecule has 36 heavy (non-hydrogen) atoms. The fourth-order valence-electron chi connectivity index (χ4n) is 4.17. The van der Waals surface area contributed by atoms with Crippen LogP contribution < -0.4 is 10.7 Å². The summed E-state index contributed by atoms with van der Waals surface area (Å²) in [7, 11) is 0. The molecule has 0 saturated heterocycles. The molecule has 0 spiro atoms. The molecule has 0 bridgehead atoms. The van der Waals surface area contributed by atoms with E-state index in [1.807, 2.05) is 83.2 Å². The van der Waals surface area contributed by atoms with Crippen LogP contribution in [0.5, 0.6) is 0 Å². The maximum atomic E-state index is 13.4. The van der Waals surface area contributed by atoms with Gasteiger partial charge in [-0.1, -0.05) is 70.9 Å². The Morgan fingerprint density at radius 1 is 1.14 bits per heavy atom. The number of halogens is 1. The number of fused-ring (bicyclic) bond motifs is 1. The third kappa shape index (κ3) is 5.88. The molecule has 6 heteroatoms. The third-order valence-corrected chi connectivity index (χ3v) is 6.45. The molecule has 1 aromatic heterocycles. The molecule has 1 atom stereocenters. The van der Waals surface area contributed by atoms with Gasteiger partial charge < -0.3 is 14.8 Å². The van der Waals surface area contributed by atoms with Gasteiger partial charge in [0.1, 0.15) is 11.3 Å². The van der Waals surface area contributed by atoms with Gasteiger partial charge in [0, 0.05) is 22.4 Å². The van der Waals surface area contributed by atoms with E-state index in [1.54, 1.807) is 13.0 Å². The van der Waals surface area contributed by atoms with Gasteiger partial charge in [-0.3, -0.25) is 4.79 Å². The number of hydrogen-bond acceptors (Lipinski definition) is 4. The van der Waals surface area contributed by atoms with Crippen LogP contribution in [0.25, 0.3) is 22.3 Å². The summed E-state index contributed by atoms with van der Waals surface area (Å²) in [6.45, 7) is 11.3. The van der Waals surface area contributed by atoms with Gasteiger partial charge in [0.15, 0.2) is 5.43 Å². The molecular formula is C30H32BrNO4. The molecule has 0 radical (unpaired) electrons. The average Bonchev–Trinajstić information content (AvgIpc) is 2.84. The lowest BCUT2D eigenvalue weighted by atomic mass is 9.97. The van der Waals surface area contributed by atoms with E-state index < -0.39 is 5.97 Å². The molecule has 1 heterocycles. The smallest absolute Gasteiger partial charge is 0.337 e. The molecule has 5 nitrogen and oxygen atoms in total. The minimum Gasteiger partial charge on any atom is -0.478 e. The number of hydrogen-bond donors (Lipinski definition) is 2. The van der Waals surface area contributed by atoms with Crippen molar-refractivity contribution >= 4 is 32.9 Å². The largest absolute Gasteiger partial charge is 0.478 e. The Morgan fingerprint density at radius 2 is 1.81 bits per heavy atom. The Balaban J connectivity index is 2.23. The van der Waals surface area contributed by atoms with Crippen LogP contribution in [0.15, 0.2) is 85.2 Å². The summed E-state index contributed by atoms with van der Waals surface area (Å²) in [6, 6.07) is 13.0. The highest BCUT2D eigenvalue weighted by molar-refractivity contribution is 9.11. The van der Waals surface area contributed by atoms with Gasteiger partial charge in [0.05, 0.1) is 17.0 Å². The van der Waals surface area contributed by atoms with E-state index in [9.17, 15) is 14.7 Å². The molecule has 0 aliphatic carbocycles. The molecule has 188 valence electrons. The number of aryl methyl sites for hydroxylation is 1. The topological polar surface area (TPSA) is 79.5 Å². The molecular weight excluding hydrogens is 518 g/mol. The van der Waals surface area contributed by atoms with Crippen LogP contribution in [0.3, 0.4) is 0 Å². The number of rotatable bonds is 8. The maximum Gasteiger partial charge on any atom is 0.337 e. The van der Waals surface area contributed by atoms with Gasteiger partial charge in [-0.25, -0.2) is 4.79 Å². The Labute approximate surface area is 220 Å². The van der Waals surface area contributed by atoms with Crippen molar-refractivity contribution in [1.82, 2.24) is 5.32 Å². The Morgan fingerprint density at radius 3 is 2.39 bits per heavy atom. The highest BCUT2D eigenvalue weighted by Crippen LogP contribution is 2.32. The van der Waals surface area contributed by atoms with Crippen molar-refractivity contribution in [2.45, 2.75) is 54.0 Å². The standard InChI is InChI=1S/C30H32BrNO4/c1-7-18(3)26(30(34)35)25(14-13-19(4)31)32-21(6)23-15-17(2)16-24-27(33)20(5)28(36-29(23)24)22-11-9-8-10-12-22/h8-16,21,32H,7H2,1-6H3,(H,34,35)/b19-13+,25-14+,26-18+. The van der Waals surface area contributed by atoms with Crippen LogP contribution in [0, 0.1) is 13.8 Å². The summed E-state index contributed by atoms with van der Waals surface area (Å²) in [5, 5.41) is 13.9. The molecule has 0 aliphatic heterocycles. The van der Waals surface area contributed by atoms with Crippen molar-refractivity contribution < 1.29 is 14.3 Å². The predicted octanol–water partition coefficient (Wildman–Crippen LogP) is 7.72. The summed E-state index contributed by atoms with van der Waals surface area (Å²) in [6.07, 6.45) is 4.18. The number of allylic oxidation sites excluding steroid dienone is 4. The molecule has 2 N–H and O–H groups in total. The van der Waals surface area contributed by atoms with E-state index >= 15 is 0 Å². The van der Waals surface area contributed by atoms with Crippen LogP contribution in [-0.4, -0.2) is 11.1 Å². The predicted molar refractivity (Wildman–Crippen MR) is 150 cm³/mol. The number of carboxylic acids is 1. The molecule has 0 fully saturated rings. The monoisotopic (exact) mass is 549 g/mol. The van der Waals surface area contributed by atoms with E-state index in [4.69, 9.17) is 4.42 Å². The second kappa shape index (κ2) is 11.6. The molecule has 0 saturated carbocycles. The number of benzene rings is 2. The average molecular weight is 550 g/mol. The van der Waals surface area contributed by atoms with Crippen molar-refractivity contribution in [2.24, 2.45) is 0 Å². The van der Waals surface area contributed by atoms with Crippen LogP contribution in [0.1, 0.15) is 56.8 Å². The summed E-state index contributed by atoms with van der Waals surface area (Å²) >= 11 is 3.42. The summed E-state index contributed by atoms with van der Waals surface area (Å²) in [5.74, 6) is -0.462. The van der Waals surface area contributed by atoms with E-state index in [-0.39, 0.29) is 17.0 Å². The van der Waals surface area contributed by atoms with Crippen LogP contribution >= 0.6 is 15.9 Å². The second-order valence-electron chi connectivity index (χ2n) is 9.00. The molecule has 0 aliphatic rings. The highest BCUT2D eigenvalue weighted by atomic mass is 79.9. The summed E-state index contributed by atoms with van der Waals surface area (Å²) < 4.78 is 7.28. The van der Waals surface area contributed by atoms with Crippen molar-refractivity contribution in [3.05, 3.63) is 103 Å². The number of carboxylic acid groups (broad SMARTS) is 1. The SMILES string of the molecule is CC\C(C)=C(C(=O)O)/C(=C\C=C(/C)Br)NC(C)c1cc(C)cc2c(=O)c(C)c(-c3ccccc3)oc12. The third-order valence-electron chi connectivity index (χ3n) is 6.19. The lowest BCUT2D eigenvalue weighted by molar-refractivity contribution is -0.132. The fraction of sp³-hybridized carbons (Fsp3) is 0.267. The minimum atomic E-state index is -0.997. The lowest BCUT2D eigenvalue weighted by Crippen LogP contribution is -2.24. The van der Waals surface area contributed by atoms with Crippen LogP contribution in [0.4, 0.5) is 0 Å². The molecule has 1 unspecified atom stereocenters. The Bertz CT molecular complexity index is 1440. The normalized spacial score (nSPS) is 14.0.